The van der Waals surface area contributed by atoms with Crippen LogP contribution in [0.4, 0.5) is 5.82 Å². The summed E-state index contributed by atoms with van der Waals surface area (Å²) in [5, 5.41) is 4.05. The van der Waals surface area contributed by atoms with Crippen LogP contribution in [0.15, 0.2) is 18.5 Å². The zero-order chi connectivity index (χ0) is 7.84. The fourth-order valence-electron chi connectivity index (χ4n) is 1.02. The highest BCUT2D eigenvalue weighted by Gasteiger charge is 2.00. The third-order valence-corrected chi connectivity index (χ3v) is 1.61. The van der Waals surface area contributed by atoms with Gasteiger partial charge in [0.2, 0.25) is 0 Å². The number of anilines is 1. The highest BCUT2D eigenvalue weighted by Crippen LogP contribution is 2.08. The summed E-state index contributed by atoms with van der Waals surface area (Å²) < 4.78 is 1.62. The molecule has 2 aromatic heterocycles. The molecule has 0 fully saturated rings. The molecule has 56 valence electrons. The smallest absolute Gasteiger partial charge is 0.160 e. The van der Waals surface area contributed by atoms with Crippen LogP contribution in [0.1, 0.15) is 5.56 Å². The van der Waals surface area contributed by atoms with Gasteiger partial charge < -0.3 is 5.73 Å². The molecule has 2 heterocycles. The molecule has 11 heavy (non-hydrogen) atoms. The third-order valence-electron chi connectivity index (χ3n) is 1.61. The zero-order valence-corrected chi connectivity index (χ0v) is 6.15. The van der Waals surface area contributed by atoms with Crippen molar-refractivity contribution in [3.8, 4) is 0 Å². The van der Waals surface area contributed by atoms with Crippen molar-refractivity contribution >= 4 is 11.5 Å². The minimum atomic E-state index is 0.614. The molecule has 2 aromatic rings. The molecular weight excluding hydrogens is 140 g/mol. The lowest BCUT2D eigenvalue weighted by atomic mass is 10.4. The number of nitrogen functional groups attached to an aromatic ring is 1. The number of aromatic nitrogens is 3. The molecule has 0 bridgehead atoms. The number of hydrogen-bond acceptors (Lipinski definition) is 3. The molecule has 0 aliphatic rings. The summed E-state index contributed by atoms with van der Waals surface area (Å²) in [4.78, 5) is 4.12. The maximum absolute atomic E-state index is 5.63. The highest BCUT2D eigenvalue weighted by atomic mass is 15.3. The van der Waals surface area contributed by atoms with Crippen molar-refractivity contribution in [2.75, 3.05) is 5.73 Å². The van der Waals surface area contributed by atoms with Gasteiger partial charge in [0.1, 0.15) is 5.82 Å². The van der Waals surface area contributed by atoms with Crippen molar-refractivity contribution in [2.45, 2.75) is 6.92 Å². The topological polar surface area (TPSA) is 56.2 Å². The molecule has 0 aromatic carbocycles. The van der Waals surface area contributed by atoms with Gasteiger partial charge in [0.25, 0.3) is 0 Å². The molecular formula is C7H8N4. The summed E-state index contributed by atoms with van der Waals surface area (Å²) in [6.45, 7) is 1.95. The number of rotatable bonds is 0. The molecule has 0 amide bonds. The molecule has 4 heteroatoms. The number of aryl methyl sites for hydroxylation is 1. The molecule has 0 aliphatic carbocycles. The summed E-state index contributed by atoms with van der Waals surface area (Å²) in [7, 11) is 0. The van der Waals surface area contributed by atoms with Crippen molar-refractivity contribution < 1.29 is 0 Å². The first-order chi connectivity index (χ1) is 5.29. The Hall–Kier alpha value is -1.58. The van der Waals surface area contributed by atoms with Gasteiger partial charge >= 0.3 is 0 Å². The van der Waals surface area contributed by atoms with Gasteiger partial charge in [0.15, 0.2) is 5.65 Å². The Kier molecular flexibility index (Phi) is 1.09. The Morgan fingerprint density at radius 2 is 2.36 bits per heavy atom. The lowest BCUT2D eigenvalue weighted by Gasteiger charge is -1.95. The Morgan fingerprint density at radius 3 is 3.09 bits per heavy atom. The molecule has 0 aliphatic heterocycles. The van der Waals surface area contributed by atoms with E-state index in [1.165, 1.54) is 0 Å². The van der Waals surface area contributed by atoms with Crippen molar-refractivity contribution in [1.29, 1.82) is 0 Å². The second-order valence-corrected chi connectivity index (χ2v) is 2.43. The van der Waals surface area contributed by atoms with Gasteiger partial charge in [-0.15, -0.1) is 0 Å². The van der Waals surface area contributed by atoms with Crippen molar-refractivity contribution in [2.24, 2.45) is 0 Å². The minimum absolute atomic E-state index is 0.614. The van der Waals surface area contributed by atoms with Crippen LogP contribution in [-0.2, 0) is 0 Å². The first-order valence-electron chi connectivity index (χ1n) is 3.34. The van der Waals surface area contributed by atoms with Crippen LogP contribution in [0.25, 0.3) is 5.65 Å². The maximum Gasteiger partial charge on any atom is 0.160 e. The van der Waals surface area contributed by atoms with E-state index >= 15 is 0 Å². The molecule has 0 spiro atoms. The molecule has 0 atom stereocenters. The zero-order valence-electron chi connectivity index (χ0n) is 6.15. The van der Waals surface area contributed by atoms with Gasteiger partial charge in [-0.2, -0.15) is 9.61 Å². The summed E-state index contributed by atoms with van der Waals surface area (Å²) in [6, 6.07) is 1.72. The van der Waals surface area contributed by atoms with Crippen LogP contribution in [0.2, 0.25) is 0 Å². The summed E-state index contributed by atoms with van der Waals surface area (Å²) in [5.41, 5.74) is 7.49. The van der Waals surface area contributed by atoms with Crippen molar-refractivity contribution in [1.82, 2.24) is 14.6 Å². The SMILES string of the molecule is Cc1cnn2c(N)ccnc12. The average Bonchev–Trinajstić information content (AvgIpc) is 2.35. The largest absolute Gasteiger partial charge is 0.384 e. The lowest BCUT2D eigenvalue weighted by molar-refractivity contribution is 0.952. The van der Waals surface area contributed by atoms with E-state index in [9.17, 15) is 0 Å². The molecule has 0 radical (unpaired) electrons. The second-order valence-electron chi connectivity index (χ2n) is 2.43. The average molecular weight is 148 g/mol. The van der Waals surface area contributed by atoms with Crippen molar-refractivity contribution in [3.05, 3.63) is 24.0 Å². The van der Waals surface area contributed by atoms with E-state index in [2.05, 4.69) is 10.1 Å². The van der Waals surface area contributed by atoms with Crippen LogP contribution < -0.4 is 5.73 Å². The molecule has 0 unspecified atom stereocenters. The molecule has 4 nitrogen and oxygen atoms in total. The van der Waals surface area contributed by atoms with Gasteiger partial charge in [-0.05, 0) is 13.0 Å². The Labute approximate surface area is 63.7 Å². The summed E-state index contributed by atoms with van der Waals surface area (Å²) in [6.07, 6.45) is 3.43. The fourth-order valence-corrected chi connectivity index (χ4v) is 1.02. The number of fused-ring (bicyclic) bond motifs is 1. The van der Waals surface area contributed by atoms with Gasteiger partial charge in [0, 0.05) is 11.8 Å². The van der Waals surface area contributed by atoms with Crippen LogP contribution >= 0.6 is 0 Å². The minimum Gasteiger partial charge on any atom is -0.384 e. The summed E-state index contributed by atoms with van der Waals surface area (Å²) in [5.74, 6) is 0.614. The number of nitrogens with two attached hydrogens (primary N) is 1. The van der Waals surface area contributed by atoms with Crippen LogP contribution in [-0.4, -0.2) is 14.6 Å². The normalized spacial score (nSPS) is 10.6. The Balaban J connectivity index is 2.94. The van der Waals surface area contributed by atoms with Crippen LogP contribution in [0.5, 0.6) is 0 Å². The van der Waals surface area contributed by atoms with E-state index in [1.807, 2.05) is 6.92 Å². The van der Waals surface area contributed by atoms with E-state index in [4.69, 9.17) is 5.73 Å². The predicted molar refractivity (Wildman–Crippen MR) is 42.1 cm³/mol. The van der Waals surface area contributed by atoms with Gasteiger partial charge in [-0.3, -0.25) is 0 Å². The Bertz CT molecular complexity index is 390. The van der Waals surface area contributed by atoms with Crippen molar-refractivity contribution in [3.63, 3.8) is 0 Å². The van der Waals surface area contributed by atoms with E-state index < -0.39 is 0 Å². The summed E-state index contributed by atoms with van der Waals surface area (Å²) >= 11 is 0. The fraction of sp³-hybridized carbons (Fsp3) is 0.143. The Morgan fingerprint density at radius 1 is 1.55 bits per heavy atom. The third kappa shape index (κ3) is 0.756. The van der Waals surface area contributed by atoms with E-state index in [0.717, 1.165) is 11.2 Å². The highest BCUT2D eigenvalue weighted by molar-refractivity contribution is 5.50. The van der Waals surface area contributed by atoms with E-state index in [1.54, 1.807) is 23.0 Å². The molecule has 2 rings (SSSR count). The van der Waals surface area contributed by atoms with E-state index in [0.29, 0.717) is 5.82 Å². The molecule has 2 N–H and O–H groups in total. The first kappa shape index (κ1) is 6.15. The molecule has 0 saturated heterocycles. The van der Waals surface area contributed by atoms with E-state index in [-0.39, 0.29) is 0 Å². The number of hydrogen-bond donors (Lipinski definition) is 1. The van der Waals surface area contributed by atoms with Gasteiger partial charge in [-0.1, -0.05) is 0 Å². The maximum atomic E-state index is 5.63. The predicted octanol–water partition coefficient (Wildman–Crippen LogP) is 0.620. The van der Waals surface area contributed by atoms with Crippen LogP contribution in [0, 0.1) is 6.92 Å². The van der Waals surface area contributed by atoms with Gasteiger partial charge in [-0.25, -0.2) is 4.98 Å². The first-order valence-corrected chi connectivity index (χ1v) is 3.34. The number of nitrogens with zero attached hydrogens (tertiary/aromatic N) is 3. The standard InChI is InChI=1S/C7H8N4/c1-5-4-10-11-6(8)2-3-9-7(5)11/h2-4H,8H2,1H3. The quantitative estimate of drug-likeness (QED) is 0.595. The van der Waals surface area contributed by atoms with Crippen LogP contribution in [0.3, 0.4) is 0 Å². The van der Waals surface area contributed by atoms with Gasteiger partial charge in [0.05, 0.1) is 6.20 Å². The second kappa shape index (κ2) is 1.95. The lowest BCUT2D eigenvalue weighted by Crippen LogP contribution is -1.98. The monoisotopic (exact) mass is 148 g/mol. The molecule has 0 saturated carbocycles.